The predicted molar refractivity (Wildman–Crippen MR) is 73.1 cm³/mol. The molecule has 0 amide bonds. The van der Waals surface area contributed by atoms with Gasteiger partial charge in [0, 0.05) is 5.39 Å². The number of phenols is 1. The van der Waals surface area contributed by atoms with Crippen LogP contribution in [0.2, 0.25) is 0 Å². The molecule has 3 rings (SSSR count). The standard InChI is InChI=1S/C15H12N2O/c18-15-8-4-3-7-14(15)17-12-9-11-5-1-2-6-13(11)16-10-12/h1-10,17-18H. The van der Waals surface area contributed by atoms with Crippen molar-refractivity contribution in [2.24, 2.45) is 0 Å². The Labute approximate surface area is 105 Å². The molecule has 0 aliphatic rings. The molecule has 0 radical (unpaired) electrons. The fourth-order valence-corrected chi connectivity index (χ4v) is 1.87. The zero-order chi connectivity index (χ0) is 12.4. The first-order chi connectivity index (χ1) is 8.83. The van der Waals surface area contributed by atoms with Crippen molar-refractivity contribution in [2.45, 2.75) is 0 Å². The van der Waals surface area contributed by atoms with Gasteiger partial charge in [-0.1, -0.05) is 30.3 Å². The number of fused-ring (bicyclic) bond motifs is 1. The first-order valence-corrected chi connectivity index (χ1v) is 5.73. The van der Waals surface area contributed by atoms with E-state index in [1.807, 2.05) is 42.5 Å². The Morgan fingerprint density at radius 2 is 1.72 bits per heavy atom. The number of nitrogens with one attached hydrogen (secondary N) is 1. The molecule has 88 valence electrons. The maximum Gasteiger partial charge on any atom is 0.139 e. The lowest BCUT2D eigenvalue weighted by molar-refractivity contribution is 0.478. The Morgan fingerprint density at radius 1 is 0.944 bits per heavy atom. The van der Waals surface area contributed by atoms with Crippen LogP contribution in [-0.4, -0.2) is 10.1 Å². The number of para-hydroxylation sites is 3. The summed E-state index contributed by atoms with van der Waals surface area (Å²) in [6.07, 6.45) is 1.76. The molecule has 0 unspecified atom stereocenters. The summed E-state index contributed by atoms with van der Waals surface area (Å²) in [4.78, 5) is 4.36. The Balaban J connectivity index is 1.98. The van der Waals surface area contributed by atoms with Gasteiger partial charge in [-0.3, -0.25) is 4.98 Å². The second-order valence-electron chi connectivity index (χ2n) is 4.06. The molecule has 0 spiro atoms. The average Bonchev–Trinajstić information content (AvgIpc) is 2.41. The van der Waals surface area contributed by atoms with E-state index in [9.17, 15) is 5.11 Å². The number of benzene rings is 2. The van der Waals surface area contributed by atoms with E-state index in [4.69, 9.17) is 0 Å². The smallest absolute Gasteiger partial charge is 0.139 e. The van der Waals surface area contributed by atoms with Gasteiger partial charge in [0.05, 0.1) is 23.1 Å². The molecule has 0 fully saturated rings. The second kappa shape index (κ2) is 4.37. The number of aromatic hydroxyl groups is 1. The first kappa shape index (κ1) is 10.6. The van der Waals surface area contributed by atoms with E-state index in [1.54, 1.807) is 18.3 Å². The minimum absolute atomic E-state index is 0.227. The van der Waals surface area contributed by atoms with Crippen LogP contribution in [0.4, 0.5) is 11.4 Å². The van der Waals surface area contributed by atoms with Crippen molar-refractivity contribution in [3.63, 3.8) is 0 Å². The van der Waals surface area contributed by atoms with Crippen LogP contribution in [-0.2, 0) is 0 Å². The number of hydrogen-bond donors (Lipinski definition) is 2. The summed E-state index contributed by atoms with van der Waals surface area (Å²) in [5, 5.41) is 13.9. The number of nitrogens with zero attached hydrogens (tertiary/aromatic N) is 1. The Kier molecular flexibility index (Phi) is 2.57. The topological polar surface area (TPSA) is 45.1 Å². The summed E-state index contributed by atoms with van der Waals surface area (Å²) in [5.41, 5.74) is 2.49. The highest BCUT2D eigenvalue weighted by Gasteiger charge is 2.01. The van der Waals surface area contributed by atoms with Gasteiger partial charge in [-0.2, -0.15) is 0 Å². The monoisotopic (exact) mass is 236 g/mol. The largest absolute Gasteiger partial charge is 0.506 e. The fourth-order valence-electron chi connectivity index (χ4n) is 1.87. The molecule has 2 aromatic carbocycles. The van der Waals surface area contributed by atoms with Crippen molar-refractivity contribution < 1.29 is 5.11 Å². The predicted octanol–water partition coefficient (Wildman–Crippen LogP) is 3.68. The van der Waals surface area contributed by atoms with Crippen LogP contribution in [0.1, 0.15) is 0 Å². The van der Waals surface area contributed by atoms with Crippen LogP contribution in [0.5, 0.6) is 5.75 Å². The fraction of sp³-hybridized carbons (Fsp3) is 0. The first-order valence-electron chi connectivity index (χ1n) is 5.73. The molecule has 0 aliphatic heterocycles. The molecule has 18 heavy (non-hydrogen) atoms. The van der Waals surface area contributed by atoms with Gasteiger partial charge in [-0.25, -0.2) is 0 Å². The normalized spacial score (nSPS) is 10.4. The highest BCUT2D eigenvalue weighted by atomic mass is 16.3. The van der Waals surface area contributed by atoms with Crippen molar-refractivity contribution in [3.8, 4) is 5.75 Å². The van der Waals surface area contributed by atoms with Crippen LogP contribution in [0.3, 0.4) is 0 Å². The lowest BCUT2D eigenvalue weighted by atomic mass is 10.2. The SMILES string of the molecule is Oc1ccccc1Nc1cnc2ccccc2c1. The zero-order valence-electron chi connectivity index (χ0n) is 9.67. The molecule has 3 heteroatoms. The van der Waals surface area contributed by atoms with Crippen molar-refractivity contribution >= 4 is 22.3 Å². The molecule has 3 aromatic rings. The Hall–Kier alpha value is -2.55. The molecule has 2 N–H and O–H groups in total. The van der Waals surface area contributed by atoms with E-state index < -0.39 is 0 Å². The Morgan fingerprint density at radius 3 is 2.61 bits per heavy atom. The van der Waals surface area contributed by atoms with Gasteiger partial charge >= 0.3 is 0 Å². The number of pyridine rings is 1. The van der Waals surface area contributed by atoms with Crippen LogP contribution >= 0.6 is 0 Å². The number of rotatable bonds is 2. The third-order valence-corrected chi connectivity index (χ3v) is 2.77. The van der Waals surface area contributed by atoms with E-state index in [0.717, 1.165) is 16.6 Å². The molecule has 0 saturated heterocycles. The van der Waals surface area contributed by atoms with Crippen molar-refractivity contribution in [2.75, 3.05) is 5.32 Å². The second-order valence-corrected chi connectivity index (χ2v) is 4.06. The molecule has 0 bridgehead atoms. The number of aromatic nitrogens is 1. The van der Waals surface area contributed by atoms with E-state index in [0.29, 0.717) is 5.69 Å². The highest BCUT2D eigenvalue weighted by Crippen LogP contribution is 2.26. The van der Waals surface area contributed by atoms with E-state index >= 15 is 0 Å². The average molecular weight is 236 g/mol. The Bertz CT molecular complexity index is 695. The van der Waals surface area contributed by atoms with E-state index in [1.165, 1.54) is 0 Å². The van der Waals surface area contributed by atoms with Gasteiger partial charge in [0.15, 0.2) is 0 Å². The van der Waals surface area contributed by atoms with Crippen LogP contribution in [0.25, 0.3) is 10.9 Å². The number of phenolic OH excluding ortho intramolecular Hbond substituents is 1. The summed E-state index contributed by atoms with van der Waals surface area (Å²) in [6, 6.07) is 17.1. The lowest BCUT2D eigenvalue weighted by Gasteiger charge is -2.08. The van der Waals surface area contributed by atoms with Gasteiger partial charge in [0.25, 0.3) is 0 Å². The van der Waals surface area contributed by atoms with Crippen molar-refractivity contribution in [1.29, 1.82) is 0 Å². The van der Waals surface area contributed by atoms with Gasteiger partial charge in [0.2, 0.25) is 0 Å². The van der Waals surface area contributed by atoms with Crippen LogP contribution < -0.4 is 5.32 Å². The zero-order valence-corrected chi connectivity index (χ0v) is 9.67. The molecule has 0 saturated carbocycles. The minimum atomic E-state index is 0.227. The van der Waals surface area contributed by atoms with E-state index in [-0.39, 0.29) is 5.75 Å². The van der Waals surface area contributed by atoms with Gasteiger partial charge in [0.1, 0.15) is 5.75 Å². The maximum atomic E-state index is 9.70. The van der Waals surface area contributed by atoms with E-state index in [2.05, 4.69) is 10.3 Å². The quantitative estimate of drug-likeness (QED) is 0.667. The third-order valence-electron chi connectivity index (χ3n) is 2.77. The van der Waals surface area contributed by atoms with Crippen molar-refractivity contribution in [1.82, 2.24) is 4.98 Å². The molecule has 1 aromatic heterocycles. The van der Waals surface area contributed by atoms with Crippen LogP contribution in [0.15, 0.2) is 60.8 Å². The molecular weight excluding hydrogens is 224 g/mol. The van der Waals surface area contributed by atoms with Crippen LogP contribution in [0, 0.1) is 0 Å². The summed E-state index contributed by atoms with van der Waals surface area (Å²) >= 11 is 0. The van der Waals surface area contributed by atoms with Gasteiger partial charge in [-0.15, -0.1) is 0 Å². The van der Waals surface area contributed by atoms with Gasteiger partial charge in [-0.05, 0) is 24.3 Å². The molecule has 3 nitrogen and oxygen atoms in total. The van der Waals surface area contributed by atoms with Crippen molar-refractivity contribution in [3.05, 3.63) is 60.8 Å². The maximum absolute atomic E-state index is 9.70. The molecule has 0 atom stereocenters. The molecule has 1 heterocycles. The summed E-state index contributed by atoms with van der Waals surface area (Å²) < 4.78 is 0. The molecular formula is C15H12N2O. The van der Waals surface area contributed by atoms with Gasteiger partial charge < -0.3 is 10.4 Å². The summed E-state index contributed by atoms with van der Waals surface area (Å²) in [6.45, 7) is 0. The summed E-state index contributed by atoms with van der Waals surface area (Å²) in [5.74, 6) is 0.227. The molecule has 0 aliphatic carbocycles. The summed E-state index contributed by atoms with van der Waals surface area (Å²) in [7, 11) is 0. The lowest BCUT2D eigenvalue weighted by Crippen LogP contribution is -1.91. The number of anilines is 2. The number of hydrogen-bond acceptors (Lipinski definition) is 3. The third kappa shape index (κ3) is 1.98. The highest BCUT2D eigenvalue weighted by molar-refractivity contribution is 5.82. The minimum Gasteiger partial charge on any atom is -0.506 e.